The van der Waals surface area contributed by atoms with E-state index >= 15 is 0 Å². The normalized spacial score (nSPS) is 11.5. The molecule has 0 aliphatic rings. The van der Waals surface area contributed by atoms with Crippen molar-refractivity contribution in [2.45, 2.75) is 0 Å². The Labute approximate surface area is 464 Å². The minimum Gasteiger partial charge on any atom is -0.292 e. The number of imidazole rings is 2. The van der Waals surface area contributed by atoms with Crippen LogP contribution in [0.5, 0.6) is 0 Å². The molecule has 15 aromatic rings. The van der Waals surface area contributed by atoms with Crippen molar-refractivity contribution in [3.8, 4) is 101 Å². The van der Waals surface area contributed by atoms with E-state index in [1.54, 1.807) is 0 Å². The summed E-state index contributed by atoms with van der Waals surface area (Å²) in [6.45, 7) is 0. The zero-order valence-electron chi connectivity index (χ0n) is 43.7. The molecule has 0 bridgehead atoms. The molecule has 4 nitrogen and oxygen atoms in total. The van der Waals surface area contributed by atoms with Crippen LogP contribution in [-0.4, -0.2) is 19.1 Å². The van der Waals surface area contributed by atoms with Gasteiger partial charge in [-0.05, 0) is 149 Å². The lowest BCUT2D eigenvalue weighted by molar-refractivity contribution is 1.10. The summed E-state index contributed by atoms with van der Waals surface area (Å²) >= 11 is 0. The van der Waals surface area contributed by atoms with Crippen LogP contribution in [0.1, 0.15) is 0 Å². The zero-order valence-corrected chi connectivity index (χ0v) is 43.7. The highest BCUT2D eigenvalue weighted by atomic mass is 15.1. The monoisotopic (exact) mass is 1020 g/mol. The highest BCUT2D eigenvalue weighted by Crippen LogP contribution is 2.50. The van der Waals surface area contributed by atoms with Crippen LogP contribution in [0, 0.1) is 0 Å². The molecule has 0 aliphatic carbocycles. The Morgan fingerprint density at radius 3 is 0.912 bits per heavy atom. The van der Waals surface area contributed by atoms with Gasteiger partial charge < -0.3 is 0 Å². The molecule has 0 fully saturated rings. The van der Waals surface area contributed by atoms with E-state index in [-0.39, 0.29) is 0 Å². The summed E-state index contributed by atoms with van der Waals surface area (Å²) in [6.07, 6.45) is 0. The summed E-state index contributed by atoms with van der Waals surface area (Å²) in [5.41, 5.74) is 22.4. The number of para-hydroxylation sites is 4. The third-order valence-electron chi connectivity index (χ3n) is 15.8. The molecule has 2 aromatic heterocycles. The first-order valence-corrected chi connectivity index (χ1v) is 27.3. The van der Waals surface area contributed by atoms with Crippen molar-refractivity contribution in [3.63, 3.8) is 0 Å². The van der Waals surface area contributed by atoms with E-state index in [1.165, 1.54) is 66.1 Å². The summed E-state index contributed by atoms with van der Waals surface area (Å²) in [4.78, 5) is 10.3. The first-order valence-electron chi connectivity index (χ1n) is 27.3. The van der Waals surface area contributed by atoms with Crippen molar-refractivity contribution >= 4 is 43.6 Å². The highest BCUT2D eigenvalue weighted by Gasteiger charge is 2.23. The lowest BCUT2D eigenvalue weighted by Crippen LogP contribution is -1.98. The summed E-state index contributed by atoms with van der Waals surface area (Å²) in [5, 5.41) is 4.74. The molecular weight excluding hydrogens is 969 g/mol. The lowest BCUT2D eigenvalue weighted by atomic mass is 9.81. The van der Waals surface area contributed by atoms with E-state index in [1.807, 2.05) is 0 Å². The maximum atomic E-state index is 5.14. The van der Waals surface area contributed by atoms with E-state index in [4.69, 9.17) is 9.97 Å². The minimum atomic E-state index is 0.919. The SMILES string of the molecule is c1ccc(-c2ccccc2-c2c3ccc(-c4ccc(-n5c(-c6ccccc6)nc6ccccc65)cc4)cc3c(-c3ccccc3-c3ccccc3)c3ccc(-c4ccc(-n5c(-c6ccccc6)nc6ccccc65)cc4)cc23)cc1. The molecule has 80 heavy (non-hydrogen) atoms. The van der Waals surface area contributed by atoms with E-state index in [0.29, 0.717) is 0 Å². The molecule has 13 aromatic carbocycles. The summed E-state index contributed by atoms with van der Waals surface area (Å²) in [6, 6.07) is 110. The Balaban J connectivity index is 0.953. The second kappa shape index (κ2) is 19.7. The molecule has 0 aliphatic heterocycles. The molecule has 0 spiro atoms. The van der Waals surface area contributed by atoms with Crippen LogP contribution < -0.4 is 0 Å². The number of benzene rings is 13. The average Bonchev–Trinajstić information content (AvgIpc) is 4.18. The Morgan fingerprint density at radius 2 is 0.525 bits per heavy atom. The van der Waals surface area contributed by atoms with E-state index in [0.717, 1.165) is 78.5 Å². The second-order valence-electron chi connectivity index (χ2n) is 20.4. The third-order valence-corrected chi connectivity index (χ3v) is 15.8. The molecule has 0 unspecified atom stereocenters. The Hall–Kier alpha value is -10.7. The Kier molecular flexibility index (Phi) is 11.5. The van der Waals surface area contributed by atoms with Gasteiger partial charge in [-0.15, -0.1) is 0 Å². The molecule has 0 saturated heterocycles. The standard InChI is InChI=1S/C76H50N4/c1-5-21-53(22-6-1)61-29-13-15-31-63(61)73-65-47-41-58(52-39-45-60(46-40-52)80-72-36-20-18-34-70(72)78-76(80)56-27-11-4-12-28-56)50-68(65)74(64-32-16-14-30-62(64)54-23-7-2-8-24-54)66-48-42-57(49-67(66)73)51-37-43-59(44-38-51)79-71-35-19-17-33-69(71)77-75(79)55-25-9-3-10-26-55/h1-50H. The van der Waals surface area contributed by atoms with Gasteiger partial charge in [0, 0.05) is 22.5 Å². The van der Waals surface area contributed by atoms with E-state index < -0.39 is 0 Å². The van der Waals surface area contributed by atoms with E-state index in [9.17, 15) is 0 Å². The van der Waals surface area contributed by atoms with Crippen molar-refractivity contribution in [3.05, 3.63) is 303 Å². The van der Waals surface area contributed by atoms with Crippen molar-refractivity contribution < 1.29 is 0 Å². The van der Waals surface area contributed by atoms with Crippen LogP contribution in [0.3, 0.4) is 0 Å². The maximum absolute atomic E-state index is 5.14. The summed E-state index contributed by atoms with van der Waals surface area (Å²) < 4.78 is 4.56. The minimum absolute atomic E-state index is 0.919. The highest BCUT2D eigenvalue weighted by molar-refractivity contribution is 6.24. The van der Waals surface area contributed by atoms with Gasteiger partial charge in [-0.3, -0.25) is 9.13 Å². The lowest BCUT2D eigenvalue weighted by Gasteiger charge is -2.22. The fourth-order valence-corrected chi connectivity index (χ4v) is 12.1. The van der Waals surface area contributed by atoms with Crippen LogP contribution in [-0.2, 0) is 0 Å². The number of nitrogens with zero attached hydrogens (tertiary/aromatic N) is 4. The molecule has 4 heteroatoms. The number of hydrogen-bond donors (Lipinski definition) is 0. The number of aromatic nitrogens is 4. The van der Waals surface area contributed by atoms with Gasteiger partial charge in [0.25, 0.3) is 0 Å². The zero-order chi connectivity index (χ0) is 52.9. The molecule has 0 radical (unpaired) electrons. The third kappa shape index (κ3) is 8.09. The largest absolute Gasteiger partial charge is 0.292 e. The van der Waals surface area contributed by atoms with E-state index in [2.05, 4.69) is 312 Å². The van der Waals surface area contributed by atoms with Crippen LogP contribution >= 0.6 is 0 Å². The maximum Gasteiger partial charge on any atom is 0.145 e. The molecule has 0 atom stereocenters. The molecule has 15 rings (SSSR count). The quantitative estimate of drug-likeness (QED) is 0.128. The van der Waals surface area contributed by atoms with Crippen LogP contribution in [0.4, 0.5) is 0 Å². The van der Waals surface area contributed by atoms with Crippen LogP contribution in [0.25, 0.3) is 145 Å². The second-order valence-corrected chi connectivity index (χ2v) is 20.4. The Morgan fingerprint density at radius 1 is 0.212 bits per heavy atom. The molecule has 0 amide bonds. The van der Waals surface area contributed by atoms with Crippen molar-refractivity contribution in [2.75, 3.05) is 0 Å². The van der Waals surface area contributed by atoms with Gasteiger partial charge in [0.15, 0.2) is 0 Å². The van der Waals surface area contributed by atoms with Crippen LogP contribution in [0.15, 0.2) is 303 Å². The average molecular weight is 1020 g/mol. The van der Waals surface area contributed by atoms with Crippen molar-refractivity contribution in [1.82, 2.24) is 19.1 Å². The van der Waals surface area contributed by atoms with Gasteiger partial charge in [0.1, 0.15) is 11.6 Å². The van der Waals surface area contributed by atoms with Gasteiger partial charge in [-0.2, -0.15) is 0 Å². The van der Waals surface area contributed by atoms with Crippen molar-refractivity contribution in [1.29, 1.82) is 0 Å². The Bertz CT molecular complexity index is 4460. The van der Waals surface area contributed by atoms with Gasteiger partial charge in [-0.25, -0.2) is 9.97 Å². The summed E-state index contributed by atoms with van der Waals surface area (Å²) in [5.74, 6) is 1.84. The molecule has 0 saturated carbocycles. The molecule has 374 valence electrons. The van der Waals surface area contributed by atoms with Crippen LogP contribution in [0.2, 0.25) is 0 Å². The fraction of sp³-hybridized carbons (Fsp3) is 0. The van der Waals surface area contributed by atoms with Crippen molar-refractivity contribution in [2.24, 2.45) is 0 Å². The number of fused-ring (bicyclic) bond motifs is 4. The first-order chi connectivity index (χ1) is 39.7. The molecule has 2 heterocycles. The smallest absolute Gasteiger partial charge is 0.145 e. The topological polar surface area (TPSA) is 35.6 Å². The number of rotatable bonds is 10. The molecule has 0 N–H and O–H groups in total. The predicted octanol–water partition coefficient (Wildman–Crippen LogP) is 20.0. The first kappa shape index (κ1) is 46.6. The fourth-order valence-electron chi connectivity index (χ4n) is 12.1. The number of hydrogen-bond acceptors (Lipinski definition) is 2. The predicted molar refractivity (Wildman–Crippen MR) is 334 cm³/mol. The summed E-state index contributed by atoms with van der Waals surface area (Å²) in [7, 11) is 0. The van der Waals surface area contributed by atoms with Gasteiger partial charge in [-0.1, -0.05) is 243 Å². The van der Waals surface area contributed by atoms with Gasteiger partial charge in [0.05, 0.1) is 22.1 Å². The van der Waals surface area contributed by atoms with Gasteiger partial charge in [0.2, 0.25) is 0 Å². The van der Waals surface area contributed by atoms with Gasteiger partial charge >= 0.3 is 0 Å². The molecular formula is C76H50N4.